The zero-order valence-electron chi connectivity index (χ0n) is 9.23. The van der Waals surface area contributed by atoms with Crippen LogP contribution in [0.1, 0.15) is 15.9 Å². The molecule has 0 spiro atoms. The maximum atomic E-state index is 10.9. The molecule has 1 aliphatic rings. The van der Waals surface area contributed by atoms with E-state index in [-0.39, 0.29) is 10.7 Å². The summed E-state index contributed by atoms with van der Waals surface area (Å²) >= 11 is 5.71. The lowest BCUT2D eigenvalue weighted by atomic mass is 10.2. The molecule has 92 valence electrons. The monoisotopic (exact) mass is 256 g/mol. The molecule has 0 atom stereocenters. The second kappa shape index (κ2) is 5.44. The van der Waals surface area contributed by atoms with Crippen LogP contribution < -0.4 is 0 Å². The zero-order chi connectivity index (χ0) is 12.3. The van der Waals surface area contributed by atoms with Crippen molar-refractivity contribution < 1.29 is 14.6 Å². The van der Waals surface area contributed by atoms with Crippen molar-refractivity contribution in [1.29, 1.82) is 0 Å². The van der Waals surface area contributed by atoms with Gasteiger partial charge >= 0.3 is 5.97 Å². The first-order valence-electron chi connectivity index (χ1n) is 5.34. The summed E-state index contributed by atoms with van der Waals surface area (Å²) in [6.45, 7) is 3.81. The number of nitrogens with zero attached hydrogens (tertiary/aromatic N) is 2. The number of ether oxygens (including phenoxy) is 1. The van der Waals surface area contributed by atoms with Crippen LogP contribution in [0.2, 0.25) is 5.15 Å². The predicted molar refractivity (Wildman–Crippen MR) is 62.3 cm³/mol. The van der Waals surface area contributed by atoms with E-state index in [9.17, 15) is 4.79 Å². The molecule has 17 heavy (non-hydrogen) atoms. The third-order valence-electron chi connectivity index (χ3n) is 2.64. The van der Waals surface area contributed by atoms with Crippen LogP contribution in [0.5, 0.6) is 0 Å². The van der Waals surface area contributed by atoms with E-state index < -0.39 is 5.97 Å². The molecule has 0 saturated carbocycles. The minimum atomic E-state index is -1.05. The summed E-state index contributed by atoms with van der Waals surface area (Å²) in [5.74, 6) is -1.05. The van der Waals surface area contributed by atoms with E-state index in [1.807, 2.05) is 0 Å². The fourth-order valence-corrected chi connectivity index (χ4v) is 1.93. The van der Waals surface area contributed by atoms with Crippen LogP contribution in [0.15, 0.2) is 12.3 Å². The van der Waals surface area contributed by atoms with Gasteiger partial charge in [0.1, 0.15) is 5.15 Å². The van der Waals surface area contributed by atoms with Crippen LogP contribution in [0.3, 0.4) is 0 Å². The maximum Gasteiger partial charge on any atom is 0.338 e. The van der Waals surface area contributed by atoms with Crippen LogP contribution in [-0.4, -0.2) is 47.3 Å². The van der Waals surface area contributed by atoms with Crippen LogP contribution in [-0.2, 0) is 11.3 Å². The summed E-state index contributed by atoms with van der Waals surface area (Å²) in [5.41, 5.74) is 0.908. The number of carbonyl (C=O) groups is 1. The van der Waals surface area contributed by atoms with Crippen molar-refractivity contribution in [2.75, 3.05) is 26.3 Å². The van der Waals surface area contributed by atoms with Gasteiger partial charge in [0.15, 0.2) is 0 Å². The van der Waals surface area contributed by atoms with E-state index in [0.717, 1.165) is 18.7 Å². The van der Waals surface area contributed by atoms with Gasteiger partial charge in [-0.15, -0.1) is 0 Å². The van der Waals surface area contributed by atoms with Crippen molar-refractivity contribution in [3.05, 3.63) is 28.5 Å². The van der Waals surface area contributed by atoms with Gasteiger partial charge in [0, 0.05) is 25.8 Å². The summed E-state index contributed by atoms with van der Waals surface area (Å²) in [6, 6.07) is 1.58. The molecule has 1 N–H and O–H groups in total. The Morgan fingerprint density at radius 3 is 2.88 bits per heavy atom. The first-order chi connectivity index (χ1) is 8.16. The molecule has 0 bridgehead atoms. The number of halogens is 1. The SMILES string of the molecule is O=C(O)c1cc(CN2CCOCC2)cnc1Cl. The second-order valence-electron chi connectivity index (χ2n) is 3.88. The van der Waals surface area contributed by atoms with Gasteiger partial charge in [-0.25, -0.2) is 9.78 Å². The molecule has 0 unspecified atom stereocenters. The summed E-state index contributed by atoms with van der Waals surface area (Å²) in [5, 5.41) is 8.97. The number of aromatic nitrogens is 1. The fraction of sp³-hybridized carbons (Fsp3) is 0.455. The highest BCUT2D eigenvalue weighted by atomic mass is 35.5. The Morgan fingerprint density at radius 1 is 1.53 bits per heavy atom. The molecular weight excluding hydrogens is 244 g/mol. The van der Waals surface area contributed by atoms with Gasteiger partial charge in [-0.3, -0.25) is 4.90 Å². The maximum absolute atomic E-state index is 10.9. The van der Waals surface area contributed by atoms with Gasteiger partial charge in [-0.2, -0.15) is 0 Å². The Labute approximate surface area is 104 Å². The minimum absolute atomic E-state index is 0.0308. The number of carboxylic acid groups (broad SMARTS) is 1. The topological polar surface area (TPSA) is 62.7 Å². The molecule has 0 radical (unpaired) electrons. The van der Waals surface area contributed by atoms with Gasteiger partial charge in [0.05, 0.1) is 18.8 Å². The van der Waals surface area contributed by atoms with Crippen LogP contribution in [0.4, 0.5) is 0 Å². The van der Waals surface area contributed by atoms with Crippen molar-refractivity contribution in [3.8, 4) is 0 Å². The highest BCUT2D eigenvalue weighted by molar-refractivity contribution is 6.32. The average molecular weight is 257 g/mol. The standard InChI is InChI=1S/C11H13ClN2O3/c12-10-9(11(15)16)5-8(6-13-10)7-14-1-3-17-4-2-14/h5-6H,1-4,7H2,(H,15,16). The van der Waals surface area contributed by atoms with E-state index >= 15 is 0 Å². The first kappa shape index (κ1) is 12.3. The first-order valence-corrected chi connectivity index (χ1v) is 5.72. The molecule has 5 nitrogen and oxygen atoms in total. The third kappa shape index (κ3) is 3.15. The van der Waals surface area contributed by atoms with Gasteiger partial charge in [0.25, 0.3) is 0 Å². The lowest BCUT2D eigenvalue weighted by Crippen LogP contribution is -2.35. The smallest absolute Gasteiger partial charge is 0.338 e. The Hall–Kier alpha value is -1.17. The molecule has 6 heteroatoms. The molecule has 1 saturated heterocycles. The number of morpholine rings is 1. The van der Waals surface area contributed by atoms with Crippen molar-refractivity contribution in [2.45, 2.75) is 6.54 Å². The molecule has 1 aromatic rings. The number of aromatic carboxylic acids is 1. The number of hydrogen-bond donors (Lipinski definition) is 1. The lowest BCUT2D eigenvalue weighted by Gasteiger charge is -2.26. The highest BCUT2D eigenvalue weighted by Crippen LogP contribution is 2.16. The predicted octanol–water partition coefficient (Wildman–Crippen LogP) is 1.27. The third-order valence-corrected chi connectivity index (χ3v) is 2.94. The quantitative estimate of drug-likeness (QED) is 0.825. The van der Waals surface area contributed by atoms with Crippen molar-refractivity contribution in [2.24, 2.45) is 0 Å². The summed E-state index contributed by atoms with van der Waals surface area (Å²) in [6.07, 6.45) is 1.62. The summed E-state index contributed by atoms with van der Waals surface area (Å²) in [7, 11) is 0. The molecule has 1 aliphatic heterocycles. The molecule has 2 heterocycles. The molecule has 2 rings (SSSR count). The lowest BCUT2D eigenvalue weighted by molar-refractivity contribution is 0.0341. The Balaban J connectivity index is 2.10. The molecule has 1 fully saturated rings. The van der Waals surface area contributed by atoms with Crippen molar-refractivity contribution in [1.82, 2.24) is 9.88 Å². The highest BCUT2D eigenvalue weighted by Gasteiger charge is 2.14. The average Bonchev–Trinajstić information content (AvgIpc) is 2.32. The fourth-order valence-electron chi connectivity index (χ4n) is 1.75. The molecule has 1 aromatic heterocycles. The number of rotatable bonds is 3. The Morgan fingerprint density at radius 2 is 2.24 bits per heavy atom. The Bertz CT molecular complexity index is 419. The van der Waals surface area contributed by atoms with E-state index in [0.29, 0.717) is 19.8 Å². The van der Waals surface area contributed by atoms with Gasteiger partial charge in [-0.05, 0) is 11.6 Å². The van der Waals surface area contributed by atoms with Crippen molar-refractivity contribution >= 4 is 17.6 Å². The van der Waals surface area contributed by atoms with Crippen LogP contribution >= 0.6 is 11.6 Å². The van der Waals surface area contributed by atoms with E-state index in [4.69, 9.17) is 21.4 Å². The second-order valence-corrected chi connectivity index (χ2v) is 4.23. The van der Waals surface area contributed by atoms with E-state index in [2.05, 4.69) is 9.88 Å². The van der Waals surface area contributed by atoms with Gasteiger partial charge < -0.3 is 9.84 Å². The van der Waals surface area contributed by atoms with E-state index in [1.165, 1.54) is 0 Å². The molecule has 0 aliphatic carbocycles. The minimum Gasteiger partial charge on any atom is -0.478 e. The normalized spacial score (nSPS) is 17.0. The van der Waals surface area contributed by atoms with Gasteiger partial charge in [-0.1, -0.05) is 11.6 Å². The van der Waals surface area contributed by atoms with Crippen LogP contribution in [0, 0.1) is 0 Å². The van der Waals surface area contributed by atoms with Gasteiger partial charge in [0.2, 0.25) is 0 Å². The largest absolute Gasteiger partial charge is 0.478 e. The number of pyridine rings is 1. The molecule has 0 aromatic carbocycles. The van der Waals surface area contributed by atoms with E-state index in [1.54, 1.807) is 12.3 Å². The Kier molecular flexibility index (Phi) is 3.93. The summed E-state index contributed by atoms with van der Waals surface area (Å²) < 4.78 is 5.25. The van der Waals surface area contributed by atoms with Crippen LogP contribution in [0.25, 0.3) is 0 Å². The molecule has 0 amide bonds. The van der Waals surface area contributed by atoms with Crippen molar-refractivity contribution in [3.63, 3.8) is 0 Å². The number of carboxylic acids is 1. The molecular formula is C11H13ClN2O3. The zero-order valence-corrected chi connectivity index (χ0v) is 9.98. The number of hydrogen-bond acceptors (Lipinski definition) is 4. The summed E-state index contributed by atoms with van der Waals surface area (Å²) in [4.78, 5) is 17.0.